The second kappa shape index (κ2) is 14.3. The van der Waals surface area contributed by atoms with Crippen LogP contribution in [0.15, 0.2) is 65.1 Å². The van der Waals surface area contributed by atoms with Crippen molar-refractivity contribution in [3.63, 3.8) is 0 Å². The highest BCUT2D eigenvalue weighted by molar-refractivity contribution is 9.10. The molecule has 0 unspecified atom stereocenters. The van der Waals surface area contributed by atoms with E-state index >= 15 is 0 Å². The molecule has 0 radical (unpaired) electrons. The molecular formula is C34H37BrN4O3. The molecule has 0 spiro atoms. The van der Waals surface area contributed by atoms with Crippen LogP contribution < -0.4 is 14.7 Å². The predicted octanol–water partition coefficient (Wildman–Crippen LogP) is 7.27. The zero-order chi connectivity index (χ0) is 30.2. The van der Waals surface area contributed by atoms with Crippen molar-refractivity contribution in [2.75, 3.05) is 34.3 Å². The predicted molar refractivity (Wildman–Crippen MR) is 172 cm³/mol. The number of carbonyl (C=O) groups excluding carboxylic acids is 3. The van der Waals surface area contributed by atoms with Crippen LogP contribution in [0.1, 0.15) is 56.7 Å². The van der Waals surface area contributed by atoms with Gasteiger partial charge in [-0.05, 0) is 79.5 Å². The lowest BCUT2D eigenvalue weighted by Gasteiger charge is -2.28. The number of hydrogen-bond donors (Lipinski definition) is 0. The molecule has 0 saturated heterocycles. The Labute approximate surface area is 257 Å². The van der Waals surface area contributed by atoms with E-state index in [1.165, 1.54) is 16.7 Å². The molecule has 3 aliphatic rings. The van der Waals surface area contributed by atoms with Crippen LogP contribution in [0, 0.1) is 6.57 Å². The van der Waals surface area contributed by atoms with Gasteiger partial charge in [0.15, 0.2) is 5.69 Å². The average molecular weight is 630 g/mol. The van der Waals surface area contributed by atoms with Crippen molar-refractivity contribution in [3.8, 4) is 0 Å². The molecule has 3 aromatic rings. The van der Waals surface area contributed by atoms with Gasteiger partial charge in [0, 0.05) is 61.9 Å². The van der Waals surface area contributed by atoms with E-state index in [2.05, 4.69) is 32.9 Å². The van der Waals surface area contributed by atoms with Crippen LogP contribution >= 0.6 is 15.9 Å². The number of amides is 3. The number of hydrogen-bond acceptors (Lipinski definition) is 3. The van der Waals surface area contributed by atoms with E-state index in [1.807, 2.05) is 58.3 Å². The van der Waals surface area contributed by atoms with Crippen LogP contribution in [-0.2, 0) is 33.6 Å². The maximum atomic E-state index is 11.4. The number of fused-ring (bicyclic) bond motifs is 3. The van der Waals surface area contributed by atoms with Gasteiger partial charge in [-0.1, -0.05) is 52.3 Å². The fourth-order valence-electron chi connectivity index (χ4n) is 5.70. The quantitative estimate of drug-likeness (QED) is 0.246. The molecule has 3 heterocycles. The van der Waals surface area contributed by atoms with Gasteiger partial charge in [-0.2, -0.15) is 0 Å². The van der Waals surface area contributed by atoms with E-state index in [4.69, 9.17) is 6.57 Å². The molecule has 0 atom stereocenters. The Balaban J connectivity index is 0.000000145. The first-order chi connectivity index (χ1) is 20.2. The summed E-state index contributed by atoms with van der Waals surface area (Å²) in [6.45, 7) is 14.3. The number of nitrogens with zero attached hydrogens (tertiary/aromatic N) is 4. The lowest BCUT2D eigenvalue weighted by molar-refractivity contribution is -0.117. The van der Waals surface area contributed by atoms with E-state index in [0.717, 1.165) is 79.7 Å². The summed E-state index contributed by atoms with van der Waals surface area (Å²) in [5.74, 6) is 0.328. The van der Waals surface area contributed by atoms with Gasteiger partial charge in [-0.3, -0.25) is 14.4 Å². The van der Waals surface area contributed by atoms with Crippen LogP contribution in [0.3, 0.4) is 0 Å². The second-order valence-corrected chi connectivity index (χ2v) is 11.6. The van der Waals surface area contributed by atoms with Crippen LogP contribution in [-0.4, -0.2) is 37.4 Å². The number of aryl methyl sites for hydroxylation is 3. The Bertz CT molecular complexity index is 1510. The summed E-state index contributed by atoms with van der Waals surface area (Å²) in [4.78, 5) is 42.9. The molecule has 3 amide bonds. The lowest BCUT2D eigenvalue weighted by atomic mass is 10.0. The summed E-state index contributed by atoms with van der Waals surface area (Å²) in [7, 11) is 0. The molecule has 3 aromatic carbocycles. The monoisotopic (exact) mass is 628 g/mol. The largest absolute Gasteiger partial charge is 0.314 e. The normalized spacial score (nSPS) is 14.9. The molecule has 7 nitrogen and oxygen atoms in total. The van der Waals surface area contributed by atoms with Crippen LogP contribution in [0.2, 0.25) is 0 Å². The van der Waals surface area contributed by atoms with Crippen molar-refractivity contribution in [2.24, 2.45) is 0 Å². The van der Waals surface area contributed by atoms with Crippen molar-refractivity contribution < 1.29 is 14.4 Å². The summed E-state index contributed by atoms with van der Waals surface area (Å²) in [6, 6.07) is 19.9. The fraction of sp³-hybridized carbons (Fsp3) is 0.353. The Morgan fingerprint density at radius 2 is 1.10 bits per heavy atom. The molecular weight excluding hydrogens is 592 g/mol. The molecule has 8 heteroatoms. The number of halogens is 1. The summed E-state index contributed by atoms with van der Waals surface area (Å²) >= 11 is 3.43. The molecule has 0 bridgehead atoms. The minimum atomic E-state index is 0.0538. The van der Waals surface area contributed by atoms with Crippen molar-refractivity contribution in [1.82, 2.24) is 0 Å². The maximum absolute atomic E-state index is 11.4. The number of para-hydroxylation sites is 1. The SMILES string of the molecule is CC(=O)N1CCCc2ccc(Br)cc21.CC(=O)N1CCCc2ccccc21.[C-]#[N+]c1ccc2c(c1)N(C(C)=O)CCC2. The van der Waals surface area contributed by atoms with Gasteiger partial charge in [0.05, 0.1) is 6.57 Å². The van der Waals surface area contributed by atoms with Crippen molar-refractivity contribution in [1.29, 1.82) is 0 Å². The first-order valence-corrected chi connectivity index (χ1v) is 15.2. The second-order valence-electron chi connectivity index (χ2n) is 10.6. The van der Waals surface area contributed by atoms with E-state index in [0.29, 0.717) is 5.69 Å². The van der Waals surface area contributed by atoms with E-state index in [-0.39, 0.29) is 17.7 Å². The topological polar surface area (TPSA) is 65.3 Å². The Morgan fingerprint density at radius 1 is 0.643 bits per heavy atom. The molecule has 0 aromatic heterocycles. The third kappa shape index (κ3) is 7.46. The average Bonchev–Trinajstić information content (AvgIpc) is 3.00. The van der Waals surface area contributed by atoms with E-state index < -0.39 is 0 Å². The van der Waals surface area contributed by atoms with Crippen LogP contribution in [0.4, 0.5) is 22.7 Å². The number of benzene rings is 3. The highest BCUT2D eigenvalue weighted by Crippen LogP contribution is 2.32. The van der Waals surface area contributed by atoms with Gasteiger partial charge in [0.2, 0.25) is 17.7 Å². The van der Waals surface area contributed by atoms with Gasteiger partial charge in [-0.25, -0.2) is 4.85 Å². The van der Waals surface area contributed by atoms with Crippen LogP contribution in [0.25, 0.3) is 4.85 Å². The summed E-state index contributed by atoms with van der Waals surface area (Å²) in [5.41, 5.74) is 7.42. The number of rotatable bonds is 0. The molecule has 0 aliphatic carbocycles. The molecule has 218 valence electrons. The number of carbonyl (C=O) groups is 3. The highest BCUT2D eigenvalue weighted by Gasteiger charge is 2.21. The Hall–Kier alpha value is -3.96. The molecule has 0 fully saturated rings. The van der Waals surface area contributed by atoms with Crippen molar-refractivity contribution in [2.45, 2.75) is 59.3 Å². The minimum Gasteiger partial charge on any atom is -0.314 e. The van der Waals surface area contributed by atoms with E-state index in [9.17, 15) is 14.4 Å². The molecule has 0 saturated carbocycles. The summed E-state index contributed by atoms with van der Waals surface area (Å²) in [6.07, 6.45) is 6.32. The Morgan fingerprint density at radius 3 is 1.62 bits per heavy atom. The third-order valence-corrected chi connectivity index (χ3v) is 8.23. The van der Waals surface area contributed by atoms with Gasteiger partial charge >= 0.3 is 0 Å². The standard InChI is InChI=1S/C12H12N2O.C11H12BrNO.C11H13NO/c1-9(15)14-7-3-4-10-5-6-11(13-2)8-12(10)14;1-8(14)13-6-2-3-9-4-5-10(12)7-11(9)13;1-9(13)12-8-4-6-10-5-2-3-7-11(10)12/h5-6,8H,3-4,7H2,1H3;4-5,7H,2-3,6H2,1H3;2-3,5,7H,4,6,8H2,1H3. The highest BCUT2D eigenvalue weighted by atomic mass is 79.9. The van der Waals surface area contributed by atoms with Gasteiger partial charge in [0.25, 0.3) is 0 Å². The van der Waals surface area contributed by atoms with Gasteiger partial charge in [-0.15, -0.1) is 0 Å². The lowest BCUT2D eigenvalue weighted by Crippen LogP contribution is -2.33. The van der Waals surface area contributed by atoms with Crippen LogP contribution in [0.5, 0.6) is 0 Å². The summed E-state index contributed by atoms with van der Waals surface area (Å²) in [5, 5.41) is 0. The zero-order valence-electron chi connectivity index (χ0n) is 24.5. The van der Waals surface area contributed by atoms with Gasteiger partial charge in [0.1, 0.15) is 0 Å². The van der Waals surface area contributed by atoms with E-state index in [1.54, 1.807) is 25.7 Å². The zero-order valence-corrected chi connectivity index (χ0v) is 26.1. The first kappa shape index (κ1) is 31.0. The Kier molecular flexibility index (Phi) is 10.5. The fourth-order valence-corrected chi connectivity index (χ4v) is 6.04. The molecule has 6 rings (SSSR count). The number of anilines is 3. The maximum Gasteiger partial charge on any atom is 0.223 e. The van der Waals surface area contributed by atoms with Gasteiger partial charge < -0.3 is 14.7 Å². The smallest absolute Gasteiger partial charge is 0.223 e. The van der Waals surface area contributed by atoms with Crippen molar-refractivity contribution in [3.05, 3.63) is 93.2 Å². The molecule has 3 aliphatic heterocycles. The minimum absolute atomic E-state index is 0.0538. The molecule has 42 heavy (non-hydrogen) atoms. The molecule has 0 N–H and O–H groups in total. The summed E-state index contributed by atoms with van der Waals surface area (Å²) < 4.78 is 1.03. The third-order valence-electron chi connectivity index (χ3n) is 7.73. The van der Waals surface area contributed by atoms with Crippen molar-refractivity contribution >= 4 is 56.4 Å². The first-order valence-electron chi connectivity index (χ1n) is 14.4.